The molecule has 1 atom stereocenters. The fraction of sp³-hybridized carbons (Fsp3) is 0.417. The van der Waals surface area contributed by atoms with Crippen molar-refractivity contribution in [2.24, 2.45) is 5.92 Å². The van der Waals surface area contributed by atoms with Gasteiger partial charge in [-0.3, -0.25) is 14.5 Å². The van der Waals surface area contributed by atoms with Gasteiger partial charge in [0.15, 0.2) is 0 Å². The SMILES string of the molecule is CC(=O)NC(C(=O)Nc1ccc(N2CCN(Cc3ccccc3)CC2)cc1)C(C)C. The fourth-order valence-corrected chi connectivity index (χ4v) is 3.74. The smallest absolute Gasteiger partial charge is 0.247 e. The molecule has 2 aromatic rings. The molecule has 0 bridgehead atoms. The fourth-order valence-electron chi connectivity index (χ4n) is 3.74. The second kappa shape index (κ2) is 10.3. The van der Waals surface area contributed by atoms with E-state index in [0.29, 0.717) is 0 Å². The van der Waals surface area contributed by atoms with Crippen molar-refractivity contribution in [3.8, 4) is 0 Å². The number of benzene rings is 2. The second-order valence-corrected chi connectivity index (χ2v) is 8.21. The summed E-state index contributed by atoms with van der Waals surface area (Å²) in [7, 11) is 0. The molecule has 1 heterocycles. The third kappa shape index (κ3) is 6.07. The van der Waals surface area contributed by atoms with Crippen LogP contribution in [-0.2, 0) is 16.1 Å². The first-order valence-electron chi connectivity index (χ1n) is 10.6. The molecule has 0 saturated carbocycles. The first-order valence-corrected chi connectivity index (χ1v) is 10.6. The topological polar surface area (TPSA) is 64.7 Å². The van der Waals surface area contributed by atoms with E-state index >= 15 is 0 Å². The van der Waals surface area contributed by atoms with Gasteiger partial charge in [0, 0.05) is 51.0 Å². The highest BCUT2D eigenvalue weighted by molar-refractivity contribution is 5.97. The van der Waals surface area contributed by atoms with E-state index in [0.717, 1.165) is 44.1 Å². The van der Waals surface area contributed by atoms with Crippen LogP contribution in [0.1, 0.15) is 26.3 Å². The van der Waals surface area contributed by atoms with E-state index in [1.807, 2.05) is 38.1 Å². The lowest BCUT2D eigenvalue weighted by Gasteiger charge is -2.36. The van der Waals surface area contributed by atoms with E-state index in [2.05, 4.69) is 50.8 Å². The molecule has 0 spiro atoms. The Hall–Kier alpha value is -2.86. The quantitative estimate of drug-likeness (QED) is 0.739. The number of hydrogen-bond donors (Lipinski definition) is 2. The van der Waals surface area contributed by atoms with E-state index < -0.39 is 6.04 Å². The summed E-state index contributed by atoms with van der Waals surface area (Å²) >= 11 is 0. The summed E-state index contributed by atoms with van der Waals surface area (Å²) in [6.07, 6.45) is 0. The largest absolute Gasteiger partial charge is 0.369 e. The Morgan fingerprint density at radius 3 is 2.13 bits per heavy atom. The van der Waals surface area contributed by atoms with Crippen LogP contribution in [0.15, 0.2) is 54.6 Å². The summed E-state index contributed by atoms with van der Waals surface area (Å²) in [4.78, 5) is 28.7. The molecule has 1 unspecified atom stereocenters. The van der Waals surface area contributed by atoms with Gasteiger partial charge in [0.05, 0.1) is 0 Å². The van der Waals surface area contributed by atoms with Crippen molar-refractivity contribution in [3.05, 3.63) is 60.2 Å². The van der Waals surface area contributed by atoms with Crippen molar-refractivity contribution >= 4 is 23.2 Å². The third-order valence-corrected chi connectivity index (χ3v) is 5.43. The molecule has 160 valence electrons. The lowest BCUT2D eigenvalue weighted by Crippen LogP contribution is -2.46. The lowest BCUT2D eigenvalue weighted by atomic mass is 10.0. The van der Waals surface area contributed by atoms with Crippen molar-refractivity contribution in [1.82, 2.24) is 10.2 Å². The standard InChI is InChI=1S/C24H32N4O2/c1-18(2)23(25-19(3)29)24(30)26-21-9-11-22(12-10-21)28-15-13-27(14-16-28)17-20-7-5-4-6-8-20/h4-12,18,23H,13-17H2,1-3H3,(H,25,29)(H,26,30). The van der Waals surface area contributed by atoms with Gasteiger partial charge in [-0.05, 0) is 35.7 Å². The van der Waals surface area contributed by atoms with Crippen molar-refractivity contribution in [1.29, 1.82) is 0 Å². The molecular weight excluding hydrogens is 376 g/mol. The molecule has 30 heavy (non-hydrogen) atoms. The van der Waals surface area contributed by atoms with Crippen LogP contribution < -0.4 is 15.5 Å². The van der Waals surface area contributed by atoms with Gasteiger partial charge in [-0.1, -0.05) is 44.2 Å². The molecule has 2 N–H and O–H groups in total. The minimum Gasteiger partial charge on any atom is -0.369 e. The summed E-state index contributed by atoms with van der Waals surface area (Å²) in [6.45, 7) is 10.3. The number of nitrogens with zero attached hydrogens (tertiary/aromatic N) is 2. The molecule has 1 saturated heterocycles. The monoisotopic (exact) mass is 408 g/mol. The Kier molecular flexibility index (Phi) is 7.46. The van der Waals surface area contributed by atoms with Crippen LogP contribution in [0.25, 0.3) is 0 Å². The highest BCUT2D eigenvalue weighted by Gasteiger charge is 2.23. The highest BCUT2D eigenvalue weighted by Crippen LogP contribution is 2.20. The van der Waals surface area contributed by atoms with Crippen LogP contribution in [0.5, 0.6) is 0 Å². The number of anilines is 2. The molecule has 6 nitrogen and oxygen atoms in total. The van der Waals surface area contributed by atoms with Gasteiger partial charge >= 0.3 is 0 Å². The maximum atomic E-state index is 12.5. The average molecular weight is 409 g/mol. The summed E-state index contributed by atoms with van der Waals surface area (Å²) in [5.41, 5.74) is 3.25. The molecule has 1 aliphatic heterocycles. The maximum absolute atomic E-state index is 12.5. The Bertz CT molecular complexity index is 828. The number of piperazine rings is 1. The maximum Gasteiger partial charge on any atom is 0.247 e. The second-order valence-electron chi connectivity index (χ2n) is 8.21. The number of nitrogens with one attached hydrogen (secondary N) is 2. The molecule has 1 fully saturated rings. The van der Waals surface area contributed by atoms with E-state index in [1.54, 1.807) is 0 Å². The normalized spacial score (nSPS) is 15.7. The molecule has 0 aliphatic carbocycles. The van der Waals surface area contributed by atoms with Crippen LogP contribution in [0.2, 0.25) is 0 Å². The van der Waals surface area contributed by atoms with Crippen LogP contribution >= 0.6 is 0 Å². The Balaban J connectivity index is 1.52. The molecule has 0 radical (unpaired) electrons. The minimum atomic E-state index is -0.542. The van der Waals surface area contributed by atoms with Crippen molar-refractivity contribution in [2.75, 3.05) is 36.4 Å². The zero-order valence-electron chi connectivity index (χ0n) is 18.1. The van der Waals surface area contributed by atoms with Gasteiger partial charge in [0.25, 0.3) is 0 Å². The summed E-state index contributed by atoms with van der Waals surface area (Å²) in [6, 6.07) is 18.0. The highest BCUT2D eigenvalue weighted by atomic mass is 16.2. The van der Waals surface area contributed by atoms with Crippen molar-refractivity contribution in [3.63, 3.8) is 0 Å². The van der Waals surface area contributed by atoms with Crippen LogP contribution in [-0.4, -0.2) is 48.9 Å². The van der Waals surface area contributed by atoms with E-state index in [1.165, 1.54) is 12.5 Å². The third-order valence-electron chi connectivity index (χ3n) is 5.43. The number of amides is 2. The van der Waals surface area contributed by atoms with E-state index in [4.69, 9.17) is 0 Å². The van der Waals surface area contributed by atoms with Gasteiger partial charge in [0.2, 0.25) is 11.8 Å². The first-order chi connectivity index (χ1) is 14.4. The Morgan fingerprint density at radius 2 is 1.57 bits per heavy atom. The molecule has 2 aromatic carbocycles. The number of hydrogen-bond acceptors (Lipinski definition) is 4. The zero-order chi connectivity index (χ0) is 21.5. The number of carbonyl (C=O) groups is 2. The number of rotatable bonds is 7. The molecule has 0 aromatic heterocycles. The van der Waals surface area contributed by atoms with Gasteiger partial charge in [-0.25, -0.2) is 0 Å². The van der Waals surface area contributed by atoms with E-state index in [9.17, 15) is 9.59 Å². The lowest BCUT2D eigenvalue weighted by molar-refractivity contribution is -0.126. The predicted octanol–water partition coefficient (Wildman–Crippen LogP) is 3.11. The molecule has 1 aliphatic rings. The van der Waals surface area contributed by atoms with E-state index in [-0.39, 0.29) is 17.7 Å². The summed E-state index contributed by atoms with van der Waals surface area (Å²) < 4.78 is 0. The van der Waals surface area contributed by atoms with Gasteiger partial charge in [0.1, 0.15) is 6.04 Å². The Morgan fingerprint density at radius 1 is 0.933 bits per heavy atom. The van der Waals surface area contributed by atoms with Crippen molar-refractivity contribution in [2.45, 2.75) is 33.4 Å². The average Bonchev–Trinajstić information content (AvgIpc) is 2.73. The van der Waals surface area contributed by atoms with Crippen LogP contribution in [0, 0.1) is 5.92 Å². The zero-order valence-corrected chi connectivity index (χ0v) is 18.1. The molecule has 3 rings (SSSR count). The molecule has 2 amide bonds. The number of carbonyl (C=O) groups excluding carboxylic acids is 2. The Labute approximate surface area is 179 Å². The first kappa shape index (κ1) is 21.8. The summed E-state index contributed by atoms with van der Waals surface area (Å²) in [5.74, 6) is -0.381. The van der Waals surface area contributed by atoms with Gasteiger partial charge in [-0.15, -0.1) is 0 Å². The van der Waals surface area contributed by atoms with Gasteiger partial charge in [-0.2, -0.15) is 0 Å². The molecular formula is C24H32N4O2. The minimum absolute atomic E-state index is 0.0142. The van der Waals surface area contributed by atoms with Crippen LogP contribution in [0.4, 0.5) is 11.4 Å². The molecule has 6 heteroatoms. The van der Waals surface area contributed by atoms with Gasteiger partial charge < -0.3 is 15.5 Å². The van der Waals surface area contributed by atoms with Crippen LogP contribution in [0.3, 0.4) is 0 Å². The predicted molar refractivity (Wildman–Crippen MR) is 121 cm³/mol. The van der Waals surface area contributed by atoms with Crippen molar-refractivity contribution < 1.29 is 9.59 Å². The summed E-state index contributed by atoms with van der Waals surface area (Å²) in [5, 5.41) is 5.63.